The molecule has 0 saturated heterocycles. The first-order valence-corrected chi connectivity index (χ1v) is 9.02. The molecule has 0 aliphatic heterocycles. The van der Waals surface area contributed by atoms with Gasteiger partial charge < -0.3 is 14.8 Å². The second-order valence-electron chi connectivity index (χ2n) is 6.11. The second kappa shape index (κ2) is 15.9. The van der Waals surface area contributed by atoms with Crippen molar-refractivity contribution in [2.45, 2.75) is 65.7 Å². The third kappa shape index (κ3) is 15.7. The van der Waals surface area contributed by atoms with E-state index in [0.29, 0.717) is 32.4 Å². The van der Waals surface area contributed by atoms with Crippen LogP contribution in [0, 0.1) is 5.92 Å². The van der Waals surface area contributed by atoms with Gasteiger partial charge in [-0.15, -0.1) is 0 Å². The molecule has 0 radical (unpaired) electrons. The maximum absolute atomic E-state index is 11.6. The smallest absolute Gasteiger partial charge is 0.220 e. The number of unbranched alkanes of at least 4 members (excludes halogenated alkanes) is 1. The molecule has 23 heavy (non-hydrogen) atoms. The lowest BCUT2D eigenvalue weighted by Gasteiger charge is -2.07. The minimum atomic E-state index is 0.0228. The van der Waals surface area contributed by atoms with Gasteiger partial charge in [-0.25, -0.2) is 0 Å². The van der Waals surface area contributed by atoms with E-state index in [1.165, 1.54) is 0 Å². The van der Waals surface area contributed by atoms with Crippen molar-refractivity contribution < 1.29 is 19.1 Å². The van der Waals surface area contributed by atoms with Gasteiger partial charge in [-0.3, -0.25) is 9.59 Å². The molecule has 5 heteroatoms. The van der Waals surface area contributed by atoms with Crippen LogP contribution < -0.4 is 5.32 Å². The van der Waals surface area contributed by atoms with Crippen molar-refractivity contribution >= 4 is 11.7 Å². The summed E-state index contributed by atoms with van der Waals surface area (Å²) in [5.74, 6) is 0.314. The Kier molecular flexibility index (Phi) is 15.3. The first-order valence-electron chi connectivity index (χ1n) is 9.02. The first kappa shape index (κ1) is 22.1. The van der Waals surface area contributed by atoms with Gasteiger partial charge in [0.05, 0.1) is 0 Å². The second-order valence-corrected chi connectivity index (χ2v) is 6.11. The van der Waals surface area contributed by atoms with Gasteiger partial charge in [0.25, 0.3) is 0 Å². The van der Waals surface area contributed by atoms with Crippen molar-refractivity contribution in [3.63, 3.8) is 0 Å². The molecule has 0 spiro atoms. The first-order chi connectivity index (χ1) is 11.1. The number of carbonyl (C=O) groups is 2. The summed E-state index contributed by atoms with van der Waals surface area (Å²) in [6.45, 7) is 9.59. The lowest BCUT2D eigenvalue weighted by Crippen LogP contribution is -2.25. The van der Waals surface area contributed by atoms with Crippen molar-refractivity contribution in [1.82, 2.24) is 5.32 Å². The molecule has 0 aliphatic carbocycles. The lowest BCUT2D eigenvalue weighted by atomic mass is 10.0. The minimum Gasteiger partial charge on any atom is -0.381 e. The standard InChI is InChI=1S/C18H35NO4/c1-4-12-22-13-5-6-14-23-15-8-11-19-18(21)10-7-9-17(20)16(2)3/h16H,4-15H2,1-3H3,(H,19,21). The zero-order valence-corrected chi connectivity index (χ0v) is 15.2. The molecule has 5 nitrogen and oxygen atoms in total. The van der Waals surface area contributed by atoms with Crippen LogP contribution in [0.3, 0.4) is 0 Å². The van der Waals surface area contributed by atoms with Crippen LogP contribution in [-0.4, -0.2) is 44.7 Å². The molecule has 0 aromatic rings. The number of hydrogen-bond donors (Lipinski definition) is 1. The summed E-state index contributed by atoms with van der Waals surface area (Å²) in [4.78, 5) is 23.0. The molecule has 0 rings (SSSR count). The summed E-state index contributed by atoms with van der Waals surface area (Å²) >= 11 is 0. The van der Waals surface area contributed by atoms with Gasteiger partial charge in [0.15, 0.2) is 0 Å². The molecule has 0 saturated carbocycles. The van der Waals surface area contributed by atoms with Gasteiger partial charge in [0.1, 0.15) is 5.78 Å². The molecular formula is C18H35NO4. The van der Waals surface area contributed by atoms with Crippen molar-refractivity contribution in [3.05, 3.63) is 0 Å². The number of ether oxygens (including phenoxy) is 2. The molecule has 1 N–H and O–H groups in total. The summed E-state index contributed by atoms with van der Waals surface area (Å²) in [6, 6.07) is 0. The van der Waals surface area contributed by atoms with E-state index in [0.717, 1.165) is 45.5 Å². The summed E-state index contributed by atoms with van der Waals surface area (Å²) in [5.41, 5.74) is 0. The van der Waals surface area contributed by atoms with Crippen LogP contribution in [0.5, 0.6) is 0 Å². The molecule has 0 heterocycles. The van der Waals surface area contributed by atoms with E-state index < -0.39 is 0 Å². The molecule has 0 unspecified atom stereocenters. The zero-order chi connectivity index (χ0) is 17.3. The number of amides is 1. The largest absolute Gasteiger partial charge is 0.381 e. The number of nitrogens with one attached hydrogen (secondary N) is 1. The summed E-state index contributed by atoms with van der Waals surface area (Å²) < 4.78 is 10.9. The van der Waals surface area contributed by atoms with E-state index in [2.05, 4.69) is 12.2 Å². The van der Waals surface area contributed by atoms with Gasteiger partial charge >= 0.3 is 0 Å². The van der Waals surface area contributed by atoms with Crippen molar-refractivity contribution in [1.29, 1.82) is 0 Å². The fourth-order valence-electron chi connectivity index (χ4n) is 1.96. The molecule has 0 aliphatic rings. The molecule has 0 aromatic carbocycles. The number of hydrogen-bond acceptors (Lipinski definition) is 4. The van der Waals surface area contributed by atoms with Crippen LogP contribution in [0.15, 0.2) is 0 Å². The summed E-state index contributed by atoms with van der Waals surface area (Å²) in [5, 5.41) is 2.86. The Morgan fingerprint density at radius 3 is 2.09 bits per heavy atom. The fraction of sp³-hybridized carbons (Fsp3) is 0.889. The van der Waals surface area contributed by atoms with E-state index in [9.17, 15) is 9.59 Å². The predicted molar refractivity (Wildman–Crippen MR) is 92.5 cm³/mol. The van der Waals surface area contributed by atoms with Gasteiger partial charge in [0, 0.05) is 51.7 Å². The Morgan fingerprint density at radius 2 is 1.48 bits per heavy atom. The molecule has 0 aromatic heterocycles. The summed E-state index contributed by atoms with van der Waals surface area (Å²) in [6.07, 6.45) is 5.50. The van der Waals surface area contributed by atoms with E-state index in [4.69, 9.17) is 9.47 Å². The van der Waals surface area contributed by atoms with Crippen LogP contribution in [0.1, 0.15) is 65.7 Å². The van der Waals surface area contributed by atoms with Crippen molar-refractivity contribution in [3.8, 4) is 0 Å². The van der Waals surface area contributed by atoms with Gasteiger partial charge in [0.2, 0.25) is 5.91 Å². The average molecular weight is 329 g/mol. The molecule has 0 fully saturated rings. The van der Waals surface area contributed by atoms with Crippen LogP contribution in [-0.2, 0) is 19.1 Å². The highest BCUT2D eigenvalue weighted by Crippen LogP contribution is 2.04. The van der Waals surface area contributed by atoms with E-state index in [1.54, 1.807) is 0 Å². The summed E-state index contributed by atoms with van der Waals surface area (Å²) in [7, 11) is 0. The Morgan fingerprint density at radius 1 is 0.870 bits per heavy atom. The molecule has 0 bridgehead atoms. The Hall–Kier alpha value is -0.940. The average Bonchev–Trinajstić information content (AvgIpc) is 2.52. The highest BCUT2D eigenvalue weighted by Gasteiger charge is 2.08. The Balaban J connectivity index is 3.25. The molecule has 136 valence electrons. The van der Waals surface area contributed by atoms with Crippen LogP contribution in [0.25, 0.3) is 0 Å². The van der Waals surface area contributed by atoms with Crippen molar-refractivity contribution in [2.24, 2.45) is 5.92 Å². The van der Waals surface area contributed by atoms with E-state index >= 15 is 0 Å². The van der Waals surface area contributed by atoms with E-state index in [-0.39, 0.29) is 17.6 Å². The van der Waals surface area contributed by atoms with Crippen molar-refractivity contribution in [2.75, 3.05) is 33.0 Å². The zero-order valence-electron chi connectivity index (χ0n) is 15.2. The third-order valence-electron chi connectivity index (χ3n) is 3.43. The van der Waals surface area contributed by atoms with E-state index in [1.807, 2.05) is 13.8 Å². The van der Waals surface area contributed by atoms with Gasteiger partial charge in [-0.05, 0) is 32.1 Å². The fourth-order valence-corrected chi connectivity index (χ4v) is 1.96. The molecule has 1 amide bonds. The molecule has 0 atom stereocenters. The highest BCUT2D eigenvalue weighted by atomic mass is 16.5. The maximum atomic E-state index is 11.6. The van der Waals surface area contributed by atoms with Crippen LogP contribution in [0.2, 0.25) is 0 Å². The predicted octanol–water partition coefficient (Wildman–Crippen LogP) is 3.11. The van der Waals surface area contributed by atoms with Gasteiger partial charge in [-0.1, -0.05) is 20.8 Å². The number of carbonyl (C=O) groups excluding carboxylic acids is 2. The monoisotopic (exact) mass is 329 g/mol. The lowest BCUT2D eigenvalue weighted by molar-refractivity contribution is -0.122. The van der Waals surface area contributed by atoms with Crippen LogP contribution >= 0.6 is 0 Å². The number of Topliss-reactive ketones (excluding diaryl/α,β-unsaturated/α-hetero) is 1. The Bertz CT molecular complexity index is 305. The minimum absolute atomic E-state index is 0.0228. The Labute approximate surface area is 141 Å². The third-order valence-corrected chi connectivity index (χ3v) is 3.43. The number of ketones is 1. The highest BCUT2D eigenvalue weighted by molar-refractivity contribution is 5.81. The quantitative estimate of drug-likeness (QED) is 0.442. The van der Waals surface area contributed by atoms with Crippen LogP contribution in [0.4, 0.5) is 0 Å². The maximum Gasteiger partial charge on any atom is 0.220 e. The topological polar surface area (TPSA) is 64.6 Å². The SMILES string of the molecule is CCCOCCCCOCCCNC(=O)CCCC(=O)C(C)C. The van der Waals surface area contributed by atoms with Gasteiger partial charge in [-0.2, -0.15) is 0 Å². The normalized spacial score (nSPS) is 11.0. The number of rotatable bonds is 16. The molecular weight excluding hydrogens is 294 g/mol.